The molecule has 15 heavy (non-hydrogen) atoms. The molecule has 1 N–H and O–H groups in total. The Labute approximate surface area is 97.0 Å². The van der Waals surface area contributed by atoms with Crippen molar-refractivity contribution in [1.82, 2.24) is 4.57 Å². The highest BCUT2D eigenvalue weighted by molar-refractivity contribution is 9.11. The molecule has 0 aliphatic rings. The fraction of sp³-hybridized carbons (Fsp3) is 0.167. The van der Waals surface area contributed by atoms with Gasteiger partial charge in [-0.3, -0.25) is 0 Å². The quantitative estimate of drug-likeness (QED) is 0.907. The van der Waals surface area contributed by atoms with Crippen molar-refractivity contribution in [3.05, 3.63) is 47.1 Å². The Hall–Kier alpha value is -1.06. The fourth-order valence-corrected chi connectivity index (χ4v) is 2.03. The Morgan fingerprint density at radius 3 is 2.80 bits per heavy atom. The van der Waals surface area contributed by atoms with E-state index in [0.29, 0.717) is 0 Å². The molecular formula is C12H12BrNO. The Bertz CT molecular complexity index is 501. The molecule has 0 atom stereocenters. The van der Waals surface area contributed by atoms with Crippen LogP contribution in [0.2, 0.25) is 0 Å². The number of halogens is 1. The SMILES string of the molecule is C=C(Br)Cn1cc(CO)c2ccccc21. The number of benzene rings is 1. The first-order valence-corrected chi connectivity index (χ1v) is 5.52. The van der Waals surface area contributed by atoms with Gasteiger partial charge in [-0.2, -0.15) is 0 Å². The van der Waals surface area contributed by atoms with Crippen LogP contribution in [-0.4, -0.2) is 9.67 Å². The molecule has 1 aromatic carbocycles. The summed E-state index contributed by atoms with van der Waals surface area (Å²) in [6.07, 6.45) is 1.97. The summed E-state index contributed by atoms with van der Waals surface area (Å²) in [4.78, 5) is 0. The van der Waals surface area contributed by atoms with E-state index in [9.17, 15) is 5.11 Å². The third-order valence-corrected chi connectivity index (χ3v) is 2.63. The number of hydrogen-bond acceptors (Lipinski definition) is 1. The fourth-order valence-electron chi connectivity index (χ4n) is 1.76. The van der Waals surface area contributed by atoms with Crippen molar-refractivity contribution in [2.75, 3.05) is 0 Å². The molecule has 0 bridgehead atoms. The van der Waals surface area contributed by atoms with E-state index in [-0.39, 0.29) is 6.61 Å². The molecule has 0 saturated carbocycles. The third kappa shape index (κ3) is 1.98. The Morgan fingerprint density at radius 2 is 2.13 bits per heavy atom. The van der Waals surface area contributed by atoms with Gasteiger partial charge in [0.1, 0.15) is 0 Å². The van der Waals surface area contributed by atoms with E-state index >= 15 is 0 Å². The van der Waals surface area contributed by atoms with Gasteiger partial charge in [0, 0.05) is 27.1 Å². The van der Waals surface area contributed by atoms with E-state index in [2.05, 4.69) is 27.1 Å². The van der Waals surface area contributed by atoms with Crippen molar-refractivity contribution >= 4 is 26.8 Å². The molecule has 2 aromatic rings. The summed E-state index contributed by atoms with van der Waals surface area (Å²) >= 11 is 3.35. The van der Waals surface area contributed by atoms with Crippen molar-refractivity contribution in [1.29, 1.82) is 0 Å². The zero-order chi connectivity index (χ0) is 10.8. The second kappa shape index (κ2) is 4.21. The van der Waals surface area contributed by atoms with Gasteiger partial charge in [0.2, 0.25) is 0 Å². The van der Waals surface area contributed by atoms with E-state index in [1.165, 1.54) is 0 Å². The van der Waals surface area contributed by atoms with E-state index in [4.69, 9.17) is 0 Å². The standard InChI is InChI=1S/C12H12BrNO/c1-9(13)6-14-7-10(8-15)11-4-2-3-5-12(11)14/h2-5,7,15H,1,6,8H2. The van der Waals surface area contributed by atoms with Gasteiger partial charge in [-0.15, -0.1) is 0 Å². The normalized spacial score (nSPS) is 10.8. The summed E-state index contributed by atoms with van der Waals surface area (Å²) in [5.41, 5.74) is 2.08. The van der Waals surface area contributed by atoms with Crippen LogP contribution in [0.4, 0.5) is 0 Å². The number of aliphatic hydroxyl groups is 1. The predicted molar refractivity (Wildman–Crippen MR) is 65.9 cm³/mol. The van der Waals surface area contributed by atoms with Crippen LogP contribution in [0.3, 0.4) is 0 Å². The minimum atomic E-state index is 0.0717. The molecule has 2 rings (SSSR count). The minimum Gasteiger partial charge on any atom is -0.392 e. The van der Waals surface area contributed by atoms with Gasteiger partial charge in [0.15, 0.2) is 0 Å². The van der Waals surface area contributed by atoms with Crippen LogP contribution < -0.4 is 0 Å². The second-order valence-corrected chi connectivity index (χ2v) is 4.60. The number of nitrogens with zero attached hydrogens (tertiary/aromatic N) is 1. The molecule has 0 amide bonds. The van der Waals surface area contributed by atoms with Crippen molar-refractivity contribution < 1.29 is 5.11 Å². The van der Waals surface area contributed by atoms with Crippen LogP contribution in [0.1, 0.15) is 5.56 Å². The lowest BCUT2D eigenvalue weighted by Gasteiger charge is -2.02. The maximum atomic E-state index is 9.24. The number of aliphatic hydroxyl groups excluding tert-OH is 1. The maximum absolute atomic E-state index is 9.24. The summed E-state index contributed by atoms with van der Waals surface area (Å²) in [5.74, 6) is 0. The van der Waals surface area contributed by atoms with E-state index < -0.39 is 0 Å². The molecule has 0 unspecified atom stereocenters. The molecule has 0 aliphatic heterocycles. The Kier molecular flexibility index (Phi) is 2.93. The molecule has 0 saturated heterocycles. The average Bonchev–Trinajstić information content (AvgIpc) is 2.56. The molecular weight excluding hydrogens is 254 g/mol. The van der Waals surface area contributed by atoms with Crippen LogP contribution in [0.15, 0.2) is 41.5 Å². The molecule has 1 heterocycles. The zero-order valence-electron chi connectivity index (χ0n) is 8.28. The highest BCUT2D eigenvalue weighted by Gasteiger charge is 2.06. The van der Waals surface area contributed by atoms with E-state index in [1.807, 2.05) is 30.5 Å². The molecule has 0 radical (unpaired) electrons. The van der Waals surface area contributed by atoms with Crippen LogP contribution in [0.25, 0.3) is 10.9 Å². The predicted octanol–water partition coefficient (Wildman–Crippen LogP) is 3.04. The summed E-state index contributed by atoms with van der Waals surface area (Å²) in [5, 5.41) is 10.3. The summed E-state index contributed by atoms with van der Waals surface area (Å²) < 4.78 is 3.01. The molecule has 0 fully saturated rings. The number of hydrogen-bond donors (Lipinski definition) is 1. The molecule has 1 aromatic heterocycles. The smallest absolute Gasteiger partial charge is 0.0702 e. The van der Waals surface area contributed by atoms with E-state index in [0.717, 1.165) is 27.5 Å². The van der Waals surface area contributed by atoms with Crippen LogP contribution >= 0.6 is 15.9 Å². The van der Waals surface area contributed by atoms with Gasteiger partial charge < -0.3 is 9.67 Å². The first kappa shape index (κ1) is 10.5. The van der Waals surface area contributed by atoms with E-state index in [1.54, 1.807) is 0 Å². The molecule has 0 aliphatic carbocycles. The zero-order valence-corrected chi connectivity index (χ0v) is 9.87. The topological polar surface area (TPSA) is 25.2 Å². The second-order valence-electron chi connectivity index (χ2n) is 3.47. The number of fused-ring (bicyclic) bond motifs is 1. The average molecular weight is 266 g/mol. The lowest BCUT2D eigenvalue weighted by molar-refractivity contribution is 0.283. The Balaban J connectivity index is 2.59. The van der Waals surface area contributed by atoms with Crippen molar-refractivity contribution in [2.24, 2.45) is 0 Å². The van der Waals surface area contributed by atoms with Gasteiger partial charge in [0.25, 0.3) is 0 Å². The minimum absolute atomic E-state index is 0.0717. The number of para-hydroxylation sites is 1. The maximum Gasteiger partial charge on any atom is 0.0702 e. The van der Waals surface area contributed by atoms with Crippen LogP contribution in [0.5, 0.6) is 0 Å². The van der Waals surface area contributed by atoms with Crippen molar-refractivity contribution in [2.45, 2.75) is 13.2 Å². The molecule has 3 heteroatoms. The van der Waals surface area contributed by atoms with Crippen molar-refractivity contribution in [3.63, 3.8) is 0 Å². The van der Waals surface area contributed by atoms with Gasteiger partial charge in [-0.1, -0.05) is 40.7 Å². The highest BCUT2D eigenvalue weighted by atomic mass is 79.9. The largest absolute Gasteiger partial charge is 0.392 e. The summed E-state index contributed by atoms with van der Waals surface area (Å²) in [7, 11) is 0. The number of rotatable bonds is 3. The van der Waals surface area contributed by atoms with Gasteiger partial charge >= 0.3 is 0 Å². The molecule has 78 valence electrons. The van der Waals surface area contributed by atoms with Gasteiger partial charge in [0.05, 0.1) is 13.2 Å². The van der Waals surface area contributed by atoms with Crippen LogP contribution in [-0.2, 0) is 13.2 Å². The molecule has 2 nitrogen and oxygen atoms in total. The van der Waals surface area contributed by atoms with Gasteiger partial charge in [-0.05, 0) is 6.07 Å². The first-order chi connectivity index (χ1) is 7.22. The van der Waals surface area contributed by atoms with Crippen molar-refractivity contribution in [3.8, 4) is 0 Å². The Morgan fingerprint density at radius 1 is 1.40 bits per heavy atom. The number of aromatic nitrogens is 1. The monoisotopic (exact) mass is 265 g/mol. The number of allylic oxidation sites excluding steroid dienone is 1. The third-order valence-electron chi connectivity index (χ3n) is 2.38. The van der Waals surface area contributed by atoms with Crippen LogP contribution in [0, 0.1) is 0 Å². The molecule has 0 spiro atoms. The summed E-state index contributed by atoms with van der Waals surface area (Å²) in [6.45, 7) is 4.62. The van der Waals surface area contributed by atoms with Gasteiger partial charge in [-0.25, -0.2) is 0 Å². The summed E-state index contributed by atoms with van der Waals surface area (Å²) in [6, 6.07) is 8.05. The lowest BCUT2D eigenvalue weighted by Crippen LogP contribution is -1.94. The lowest BCUT2D eigenvalue weighted by atomic mass is 10.2. The highest BCUT2D eigenvalue weighted by Crippen LogP contribution is 2.22. The first-order valence-electron chi connectivity index (χ1n) is 4.73.